The van der Waals surface area contributed by atoms with Gasteiger partial charge in [-0.2, -0.15) is 0 Å². The Hall–Kier alpha value is 2.55. The Morgan fingerprint density at radius 3 is 0.769 bits per heavy atom. The molecule has 0 radical (unpaired) electrons. The van der Waals surface area contributed by atoms with Crippen LogP contribution in [-0.4, -0.2) is 16.5 Å². The SMILES string of the molecule is O=[Si]([O-])[O-].[Li+].[Li+].[Li+].[Li+].[Li+].[O-]B([O-])[O-]. The van der Waals surface area contributed by atoms with Gasteiger partial charge in [0.25, 0.3) is 0 Å². The second-order valence-electron chi connectivity index (χ2n) is 0.539. The topological polar surface area (TPSA) is 132 Å². The van der Waals surface area contributed by atoms with E-state index in [2.05, 4.69) is 0 Å². The summed E-state index contributed by atoms with van der Waals surface area (Å²) in [7, 11) is -6.55. The summed E-state index contributed by atoms with van der Waals surface area (Å²) >= 11 is 0. The van der Waals surface area contributed by atoms with Crippen molar-refractivity contribution in [3.63, 3.8) is 0 Å². The maximum Gasteiger partial charge on any atom is 1.00 e. The van der Waals surface area contributed by atoms with Gasteiger partial charge >= 0.3 is 94.3 Å². The molecule has 48 valence electrons. The second-order valence-corrected chi connectivity index (χ2v) is 1.04. The fourth-order valence-electron chi connectivity index (χ4n) is 0. The predicted molar refractivity (Wildman–Crippen MR) is 12.2 cm³/mol. The third kappa shape index (κ3) is 353. The molecule has 0 aliphatic carbocycles. The van der Waals surface area contributed by atoms with Gasteiger partial charge in [-0.05, 0) is 0 Å². The molecule has 0 aliphatic rings. The van der Waals surface area contributed by atoms with Crippen LogP contribution in [-0.2, 0) is 4.46 Å². The van der Waals surface area contributed by atoms with Crippen LogP contribution in [0.5, 0.6) is 0 Å². The summed E-state index contributed by atoms with van der Waals surface area (Å²) in [5.74, 6) is 0. The molecule has 0 spiro atoms. The zero-order valence-corrected chi connectivity index (χ0v) is 9.53. The predicted octanol–water partition coefficient (Wildman–Crippen LogP) is -21.8. The van der Waals surface area contributed by atoms with E-state index in [0.717, 1.165) is 0 Å². The van der Waals surface area contributed by atoms with Gasteiger partial charge in [-0.3, -0.25) is 7.32 Å². The van der Waals surface area contributed by atoms with Crippen molar-refractivity contribution in [2.75, 3.05) is 0 Å². The van der Waals surface area contributed by atoms with Crippen LogP contribution in [0.25, 0.3) is 0 Å². The molecule has 0 saturated carbocycles. The van der Waals surface area contributed by atoms with Crippen LogP contribution in [0.15, 0.2) is 0 Å². The fraction of sp³-hybridized carbons (Fsp3) is 0. The molecule has 0 saturated heterocycles. The Labute approximate surface area is 138 Å². The van der Waals surface area contributed by atoms with Crippen molar-refractivity contribution in [2.45, 2.75) is 0 Å². The molecular weight excluding hydrogens is 170 g/mol. The van der Waals surface area contributed by atoms with Crippen molar-refractivity contribution in [1.82, 2.24) is 0 Å². The summed E-state index contributed by atoms with van der Waals surface area (Å²) in [5, 5.41) is 25.2. The third-order valence-corrected chi connectivity index (χ3v) is 0. The van der Waals surface area contributed by atoms with Crippen molar-refractivity contribution in [3.05, 3.63) is 0 Å². The zero-order chi connectivity index (χ0) is 7.15. The molecule has 0 bridgehead atoms. The van der Waals surface area contributed by atoms with Crippen LogP contribution < -0.4 is 119 Å². The molecule has 0 aromatic rings. The van der Waals surface area contributed by atoms with E-state index >= 15 is 0 Å². The molecule has 0 aliphatic heterocycles. The van der Waals surface area contributed by atoms with Crippen molar-refractivity contribution < 1.29 is 123 Å². The van der Waals surface area contributed by atoms with Gasteiger partial charge in [0.15, 0.2) is 0 Å². The molecule has 0 heterocycles. The molecule has 13 heteroatoms. The van der Waals surface area contributed by atoms with E-state index in [4.69, 9.17) is 29.1 Å². The normalized spacial score (nSPS) is 3.92. The van der Waals surface area contributed by atoms with Crippen molar-refractivity contribution in [1.29, 1.82) is 0 Å². The summed E-state index contributed by atoms with van der Waals surface area (Å²) in [6.45, 7) is 0. The van der Waals surface area contributed by atoms with Gasteiger partial charge in [-0.15, -0.1) is 0 Å². The summed E-state index contributed by atoms with van der Waals surface area (Å²) in [6.07, 6.45) is 0. The molecule has 0 rings (SSSR count). The first-order chi connectivity index (χ1) is 3.46. The minimum atomic E-state index is -3.63. The van der Waals surface area contributed by atoms with Gasteiger partial charge in [-0.25, -0.2) is 0 Å². The van der Waals surface area contributed by atoms with Crippen molar-refractivity contribution in [3.8, 4) is 0 Å². The Balaban J connectivity index is -0.00000000800. The monoisotopic (exact) mass is 170 g/mol. The number of hydrogen-bond donors (Lipinski definition) is 0. The first kappa shape index (κ1) is 45.0. The molecule has 13 heavy (non-hydrogen) atoms. The van der Waals surface area contributed by atoms with Gasteiger partial charge in [0.2, 0.25) is 0 Å². The van der Waals surface area contributed by atoms with Crippen LogP contribution in [0.3, 0.4) is 0 Å². The van der Waals surface area contributed by atoms with E-state index in [1.807, 2.05) is 0 Å². The average Bonchev–Trinajstić information content (AvgIpc) is 1.25. The minimum absolute atomic E-state index is 0. The largest absolute Gasteiger partial charge is 1.00 e. The molecule has 0 fully saturated rings. The van der Waals surface area contributed by atoms with Crippen LogP contribution in [0.4, 0.5) is 0 Å². The first-order valence-corrected chi connectivity index (χ1v) is 2.54. The molecule has 0 N–H and O–H groups in total. The molecular formula is BLi5O6Si. The van der Waals surface area contributed by atoms with Crippen LogP contribution >= 0.6 is 0 Å². The van der Waals surface area contributed by atoms with Gasteiger partial charge in [0, 0.05) is 9.17 Å². The molecule has 0 amide bonds. The smallest absolute Gasteiger partial charge is 0.907 e. The van der Waals surface area contributed by atoms with E-state index in [1.165, 1.54) is 0 Å². The van der Waals surface area contributed by atoms with Crippen molar-refractivity contribution in [2.24, 2.45) is 0 Å². The summed E-state index contributed by atoms with van der Waals surface area (Å²) in [4.78, 5) is 17.0. The molecule has 0 atom stereocenters. The van der Waals surface area contributed by atoms with Crippen LogP contribution in [0.1, 0.15) is 0 Å². The van der Waals surface area contributed by atoms with E-state index in [1.54, 1.807) is 0 Å². The molecule has 0 unspecified atom stereocenters. The van der Waals surface area contributed by atoms with Gasteiger partial charge in [0.1, 0.15) is 0 Å². The maximum atomic E-state index is 8.52. The van der Waals surface area contributed by atoms with E-state index in [9.17, 15) is 0 Å². The minimum Gasteiger partial charge on any atom is -0.907 e. The molecule has 0 aromatic heterocycles. The average molecular weight is 170 g/mol. The third-order valence-electron chi connectivity index (χ3n) is 0. The van der Waals surface area contributed by atoms with E-state index in [0.29, 0.717) is 0 Å². The zero-order valence-electron chi connectivity index (χ0n) is 8.53. The Kier molecular flexibility index (Phi) is 127. The molecule has 6 nitrogen and oxygen atoms in total. The van der Waals surface area contributed by atoms with Gasteiger partial charge < -0.3 is 29.1 Å². The molecule has 0 aromatic carbocycles. The quantitative estimate of drug-likeness (QED) is 0.331. The maximum absolute atomic E-state index is 8.52. The fourth-order valence-corrected chi connectivity index (χ4v) is 0. The van der Waals surface area contributed by atoms with E-state index in [-0.39, 0.29) is 94.3 Å². The number of rotatable bonds is 0. The van der Waals surface area contributed by atoms with Gasteiger partial charge in [-0.1, -0.05) is 0 Å². The standard InChI is InChI=1S/BO3.5Li.O3Si/c2-1(3)4;;;;;;1-4(2)3/q-3;5*+1;-2. The number of hydrogen-bond acceptors (Lipinski definition) is 6. The Morgan fingerprint density at radius 2 is 0.769 bits per heavy atom. The van der Waals surface area contributed by atoms with Crippen molar-refractivity contribution >= 4 is 16.5 Å². The summed E-state index contributed by atoms with van der Waals surface area (Å²) in [6, 6.07) is 0. The van der Waals surface area contributed by atoms with Crippen LogP contribution in [0.2, 0.25) is 0 Å². The van der Waals surface area contributed by atoms with Gasteiger partial charge in [0.05, 0.1) is 0 Å². The first-order valence-electron chi connectivity index (χ1n) is 1.32. The Bertz CT molecular complexity index is 65.3. The summed E-state index contributed by atoms with van der Waals surface area (Å²) < 4.78 is 8.52. The summed E-state index contributed by atoms with van der Waals surface area (Å²) in [5.41, 5.74) is 0. The second kappa shape index (κ2) is 36.5. The van der Waals surface area contributed by atoms with Crippen LogP contribution in [0, 0.1) is 0 Å². The Morgan fingerprint density at radius 1 is 0.769 bits per heavy atom. The van der Waals surface area contributed by atoms with E-state index < -0.39 is 16.5 Å².